The Bertz CT molecular complexity index is 816. The van der Waals surface area contributed by atoms with Gasteiger partial charge in [-0.15, -0.1) is 0 Å². The molecule has 0 aliphatic carbocycles. The Labute approximate surface area is 171 Å². The van der Waals surface area contributed by atoms with Gasteiger partial charge in [-0.1, -0.05) is 12.1 Å². The maximum atomic E-state index is 12.8. The first-order chi connectivity index (χ1) is 14.2. The molecule has 0 saturated carbocycles. The zero-order valence-corrected chi connectivity index (χ0v) is 16.8. The van der Waals surface area contributed by atoms with E-state index >= 15 is 0 Å². The average molecular weight is 396 g/mol. The monoisotopic (exact) mass is 395 g/mol. The number of hydrazine groups is 1. The lowest BCUT2D eigenvalue weighted by Crippen LogP contribution is -2.54. The van der Waals surface area contributed by atoms with Crippen LogP contribution in [0.2, 0.25) is 0 Å². The van der Waals surface area contributed by atoms with E-state index < -0.39 is 0 Å². The molecule has 0 radical (unpaired) electrons. The predicted molar refractivity (Wildman–Crippen MR) is 111 cm³/mol. The highest BCUT2D eigenvalue weighted by Gasteiger charge is 2.33. The zero-order valence-electron chi connectivity index (χ0n) is 16.8. The Morgan fingerprint density at radius 1 is 1.24 bits per heavy atom. The maximum absolute atomic E-state index is 12.8. The van der Waals surface area contributed by atoms with Gasteiger partial charge in [0.25, 0.3) is 5.91 Å². The minimum Gasteiger partial charge on any atom is -0.493 e. The second-order valence-corrected chi connectivity index (χ2v) is 7.61. The van der Waals surface area contributed by atoms with Gasteiger partial charge in [-0.25, -0.2) is 10.9 Å². The fraction of sp³-hybridized carbons (Fsp3) is 0.455. The number of carbonyl (C=O) groups excluding carboxylic acids is 1. The molecular formula is C22H29N5O2. The van der Waals surface area contributed by atoms with Crippen LogP contribution < -0.4 is 20.9 Å². The number of amides is 1. The third kappa shape index (κ3) is 4.75. The van der Waals surface area contributed by atoms with Crippen LogP contribution in [0.4, 0.5) is 0 Å². The molecule has 154 valence electrons. The molecule has 7 heteroatoms. The number of likely N-dealkylation sites (tertiary alicyclic amines) is 1. The highest BCUT2D eigenvalue weighted by molar-refractivity contribution is 5.97. The van der Waals surface area contributed by atoms with Crippen molar-refractivity contribution in [3.8, 4) is 5.75 Å². The van der Waals surface area contributed by atoms with Gasteiger partial charge >= 0.3 is 0 Å². The van der Waals surface area contributed by atoms with Gasteiger partial charge in [0.1, 0.15) is 5.75 Å². The van der Waals surface area contributed by atoms with Gasteiger partial charge in [0.15, 0.2) is 0 Å². The third-order valence-corrected chi connectivity index (χ3v) is 5.65. The molecule has 2 aromatic rings. The van der Waals surface area contributed by atoms with Crippen molar-refractivity contribution in [1.82, 2.24) is 26.1 Å². The van der Waals surface area contributed by atoms with Crippen LogP contribution in [-0.2, 0) is 0 Å². The molecule has 2 fully saturated rings. The Balaban J connectivity index is 1.35. The Morgan fingerprint density at radius 2 is 2.07 bits per heavy atom. The first kappa shape index (κ1) is 19.8. The SMILES string of the molecule is CCOc1ccccc1C(=O)NC1CCCN(C2CC(c3ccncc3)NN2)C1. The molecule has 1 amide bonds. The maximum Gasteiger partial charge on any atom is 0.255 e. The predicted octanol–water partition coefficient (Wildman–Crippen LogP) is 2.24. The van der Waals surface area contributed by atoms with E-state index in [1.807, 2.05) is 43.6 Å². The van der Waals surface area contributed by atoms with Crippen LogP contribution in [0, 0.1) is 0 Å². The lowest BCUT2D eigenvalue weighted by atomic mass is 10.0. The van der Waals surface area contributed by atoms with Gasteiger partial charge < -0.3 is 10.1 Å². The number of nitrogens with zero attached hydrogens (tertiary/aromatic N) is 2. The van der Waals surface area contributed by atoms with Gasteiger partial charge in [-0.2, -0.15) is 0 Å². The molecule has 29 heavy (non-hydrogen) atoms. The molecule has 2 aliphatic rings. The van der Waals surface area contributed by atoms with E-state index in [0.29, 0.717) is 17.9 Å². The molecule has 1 aromatic heterocycles. The number of pyridine rings is 1. The first-order valence-corrected chi connectivity index (χ1v) is 10.4. The lowest BCUT2D eigenvalue weighted by molar-refractivity contribution is 0.0852. The fourth-order valence-corrected chi connectivity index (χ4v) is 4.20. The quantitative estimate of drug-likeness (QED) is 0.696. The van der Waals surface area contributed by atoms with Gasteiger partial charge in [0.2, 0.25) is 0 Å². The van der Waals surface area contributed by atoms with Crippen molar-refractivity contribution in [2.75, 3.05) is 19.7 Å². The summed E-state index contributed by atoms with van der Waals surface area (Å²) in [5.74, 6) is 0.579. The van der Waals surface area contributed by atoms with Crippen LogP contribution in [0.5, 0.6) is 5.75 Å². The third-order valence-electron chi connectivity index (χ3n) is 5.65. The molecule has 1 aromatic carbocycles. The smallest absolute Gasteiger partial charge is 0.255 e. The van der Waals surface area contributed by atoms with E-state index in [9.17, 15) is 4.79 Å². The van der Waals surface area contributed by atoms with Crippen LogP contribution in [0.25, 0.3) is 0 Å². The number of benzene rings is 1. The number of ether oxygens (including phenoxy) is 1. The van der Waals surface area contributed by atoms with Crippen LogP contribution in [0.15, 0.2) is 48.8 Å². The van der Waals surface area contributed by atoms with E-state index in [2.05, 4.69) is 38.2 Å². The summed E-state index contributed by atoms with van der Waals surface area (Å²) in [6.07, 6.45) is 6.96. The summed E-state index contributed by atoms with van der Waals surface area (Å²) in [6, 6.07) is 11.9. The van der Waals surface area contributed by atoms with E-state index in [4.69, 9.17) is 4.74 Å². The number of hydrogen-bond donors (Lipinski definition) is 3. The Morgan fingerprint density at radius 3 is 2.90 bits per heavy atom. The molecule has 3 N–H and O–H groups in total. The van der Waals surface area contributed by atoms with Gasteiger partial charge in [-0.3, -0.25) is 14.7 Å². The van der Waals surface area contributed by atoms with Crippen molar-refractivity contribution in [2.24, 2.45) is 0 Å². The largest absolute Gasteiger partial charge is 0.493 e. The Hall–Kier alpha value is -2.48. The van der Waals surface area contributed by atoms with E-state index in [0.717, 1.165) is 32.4 Å². The highest BCUT2D eigenvalue weighted by Crippen LogP contribution is 2.25. The average Bonchev–Trinajstić information content (AvgIpc) is 3.26. The summed E-state index contributed by atoms with van der Waals surface area (Å²) < 4.78 is 5.61. The zero-order chi connectivity index (χ0) is 20.1. The Kier molecular flexibility index (Phi) is 6.39. The summed E-state index contributed by atoms with van der Waals surface area (Å²) >= 11 is 0. The van der Waals surface area contributed by atoms with E-state index in [-0.39, 0.29) is 24.2 Å². The molecule has 3 atom stereocenters. The minimum absolute atomic E-state index is 0.0620. The number of para-hydroxylation sites is 1. The molecule has 2 saturated heterocycles. The molecule has 7 nitrogen and oxygen atoms in total. The topological polar surface area (TPSA) is 78.5 Å². The molecular weight excluding hydrogens is 366 g/mol. The van der Waals surface area contributed by atoms with Crippen molar-refractivity contribution in [3.63, 3.8) is 0 Å². The van der Waals surface area contributed by atoms with Gasteiger partial charge in [0.05, 0.1) is 18.3 Å². The summed E-state index contributed by atoms with van der Waals surface area (Å²) in [4.78, 5) is 19.4. The first-order valence-electron chi connectivity index (χ1n) is 10.4. The summed E-state index contributed by atoms with van der Waals surface area (Å²) in [6.45, 7) is 4.34. The second kappa shape index (κ2) is 9.35. The van der Waals surface area contributed by atoms with Gasteiger partial charge in [0, 0.05) is 31.0 Å². The van der Waals surface area contributed by atoms with Gasteiger partial charge in [-0.05, 0) is 62.6 Å². The van der Waals surface area contributed by atoms with E-state index in [1.165, 1.54) is 5.56 Å². The van der Waals surface area contributed by atoms with Crippen LogP contribution in [-0.4, -0.2) is 47.7 Å². The van der Waals surface area contributed by atoms with Crippen LogP contribution in [0.3, 0.4) is 0 Å². The van der Waals surface area contributed by atoms with E-state index in [1.54, 1.807) is 0 Å². The molecule has 2 aliphatic heterocycles. The standard InChI is InChI=1S/C22H29N5O2/c1-2-29-20-8-4-3-7-18(20)22(28)24-17-6-5-13-27(15-17)21-14-19(25-26-21)16-9-11-23-12-10-16/h3-4,7-12,17,19,21,25-26H,2,5-6,13-15H2,1H3,(H,24,28). The molecule has 3 heterocycles. The normalized spacial score (nSPS) is 24.9. The summed E-state index contributed by atoms with van der Waals surface area (Å²) in [5.41, 5.74) is 8.67. The van der Waals surface area contributed by atoms with Crippen molar-refractivity contribution < 1.29 is 9.53 Å². The second-order valence-electron chi connectivity index (χ2n) is 7.61. The minimum atomic E-state index is -0.0620. The number of piperidine rings is 1. The fourth-order valence-electron chi connectivity index (χ4n) is 4.20. The van der Waals surface area contributed by atoms with Crippen molar-refractivity contribution in [1.29, 1.82) is 0 Å². The number of rotatable bonds is 6. The number of aromatic nitrogens is 1. The lowest BCUT2D eigenvalue weighted by Gasteiger charge is -2.36. The number of nitrogens with one attached hydrogen (secondary N) is 3. The molecule has 3 unspecified atom stereocenters. The van der Waals surface area contributed by atoms with Crippen LogP contribution in [0.1, 0.15) is 48.1 Å². The van der Waals surface area contributed by atoms with Crippen molar-refractivity contribution >= 4 is 5.91 Å². The molecule has 0 bridgehead atoms. The van der Waals surface area contributed by atoms with Crippen LogP contribution >= 0.6 is 0 Å². The number of hydrogen-bond acceptors (Lipinski definition) is 6. The molecule has 0 spiro atoms. The van der Waals surface area contributed by atoms with Crippen molar-refractivity contribution in [2.45, 2.75) is 44.4 Å². The molecule has 4 rings (SSSR count). The highest BCUT2D eigenvalue weighted by atomic mass is 16.5. The van der Waals surface area contributed by atoms with Crippen molar-refractivity contribution in [3.05, 3.63) is 59.9 Å². The number of carbonyl (C=O) groups is 1. The summed E-state index contributed by atoms with van der Waals surface area (Å²) in [5, 5.41) is 3.21. The summed E-state index contributed by atoms with van der Waals surface area (Å²) in [7, 11) is 0.